The van der Waals surface area contributed by atoms with Crippen LogP contribution in [-0.4, -0.2) is 62.3 Å². The van der Waals surface area contributed by atoms with Crippen LogP contribution < -0.4 is 0 Å². The van der Waals surface area contributed by atoms with Crippen LogP contribution in [0.4, 0.5) is 9.18 Å². The number of benzene rings is 1. The molecule has 0 radical (unpaired) electrons. The van der Waals surface area contributed by atoms with E-state index < -0.39 is 23.1 Å². The van der Waals surface area contributed by atoms with E-state index in [1.807, 2.05) is 37.3 Å². The molecule has 2 aromatic heterocycles. The van der Waals surface area contributed by atoms with E-state index in [1.165, 1.54) is 17.2 Å². The monoisotopic (exact) mass is 660 g/mol. The number of hydrogen-bond donors (Lipinski definition) is 0. The van der Waals surface area contributed by atoms with Crippen molar-refractivity contribution in [2.75, 3.05) is 19.6 Å². The van der Waals surface area contributed by atoms with Gasteiger partial charge in [0.15, 0.2) is 5.54 Å². The molecule has 41 heavy (non-hydrogen) atoms. The van der Waals surface area contributed by atoms with Crippen LogP contribution >= 0.6 is 39.3 Å². The van der Waals surface area contributed by atoms with Gasteiger partial charge in [0.2, 0.25) is 0 Å². The lowest BCUT2D eigenvalue weighted by molar-refractivity contribution is -0.154. The number of halogens is 3. The van der Waals surface area contributed by atoms with Gasteiger partial charge in [0.25, 0.3) is 5.91 Å². The maximum atomic E-state index is 15.3. The summed E-state index contributed by atoms with van der Waals surface area (Å²) in [5.74, 6) is -0.997. The topological polar surface area (TPSA) is 75.6 Å². The first-order chi connectivity index (χ1) is 19.4. The van der Waals surface area contributed by atoms with E-state index in [1.54, 1.807) is 43.6 Å². The van der Waals surface area contributed by atoms with Crippen LogP contribution in [0, 0.1) is 12.7 Å². The van der Waals surface area contributed by atoms with Crippen LogP contribution in [0.3, 0.4) is 0 Å². The molecule has 216 valence electrons. The second kappa shape index (κ2) is 11.5. The van der Waals surface area contributed by atoms with Crippen molar-refractivity contribution in [1.82, 2.24) is 19.8 Å². The van der Waals surface area contributed by atoms with Crippen molar-refractivity contribution in [2.24, 2.45) is 0 Å². The number of hydrogen-bond acceptors (Lipinski definition) is 6. The van der Waals surface area contributed by atoms with Gasteiger partial charge in [0.05, 0.1) is 5.02 Å². The number of nitrogens with zero attached hydrogens (tertiary/aromatic N) is 4. The van der Waals surface area contributed by atoms with Gasteiger partial charge in [-0.3, -0.25) is 19.7 Å². The lowest BCUT2D eigenvalue weighted by Gasteiger charge is -2.51. The highest BCUT2D eigenvalue weighted by Crippen LogP contribution is 2.45. The molecule has 0 saturated carbocycles. The number of aryl methyl sites for hydroxylation is 1. The van der Waals surface area contributed by atoms with Gasteiger partial charge in [0.1, 0.15) is 17.1 Å². The standard InChI is InChI=1S/C30H31BrClFN4O3S/c1-18-13-20(7-10-34-18)19-5-6-25(23(32)14-19)41-22-8-11-36(17-22)27(38)30(26-24(33)15-21(31)16-35-26)9-12-37(30)28(39)40-29(2,3)4/h5-7,10,13-16,22H,8-9,11-12,17H2,1-4H3. The largest absolute Gasteiger partial charge is 0.444 e. The van der Waals surface area contributed by atoms with Crippen LogP contribution in [0.5, 0.6) is 0 Å². The zero-order valence-corrected chi connectivity index (χ0v) is 26.4. The van der Waals surface area contributed by atoms with Crippen molar-refractivity contribution in [2.45, 2.75) is 61.8 Å². The second-order valence-corrected chi connectivity index (χ2v) is 14.0. The van der Waals surface area contributed by atoms with Crippen LogP contribution in [0.15, 0.2) is 58.2 Å². The molecule has 2 aliphatic heterocycles. The number of rotatable bonds is 5. The molecule has 4 heterocycles. The molecular formula is C30H31BrClFN4O3S. The molecule has 2 atom stereocenters. The Morgan fingerprint density at radius 3 is 2.54 bits per heavy atom. The number of likely N-dealkylation sites (tertiary alicyclic amines) is 2. The van der Waals surface area contributed by atoms with Gasteiger partial charge in [-0.25, -0.2) is 9.18 Å². The highest BCUT2D eigenvalue weighted by molar-refractivity contribution is 9.10. The maximum Gasteiger partial charge on any atom is 0.411 e. The molecule has 3 aromatic rings. The van der Waals surface area contributed by atoms with E-state index in [4.69, 9.17) is 16.3 Å². The summed E-state index contributed by atoms with van der Waals surface area (Å²) in [5, 5.41) is 0.722. The van der Waals surface area contributed by atoms with Crippen molar-refractivity contribution in [3.8, 4) is 11.1 Å². The van der Waals surface area contributed by atoms with E-state index in [-0.39, 0.29) is 29.8 Å². The van der Waals surface area contributed by atoms with E-state index in [0.717, 1.165) is 28.1 Å². The third-order valence-corrected chi connectivity index (χ3v) is 9.40. The van der Waals surface area contributed by atoms with Crippen molar-refractivity contribution >= 4 is 51.3 Å². The second-order valence-electron chi connectivity index (χ2n) is 11.3. The van der Waals surface area contributed by atoms with Crippen LogP contribution in [0.25, 0.3) is 11.1 Å². The quantitative estimate of drug-likeness (QED) is 0.287. The summed E-state index contributed by atoms with van der Waals surface area (Å²) in [5.41, 5.74) is 0.584. The Hall–Kier alpha value is -2.69. The Kier molecular flexibility index (Phi) is 8.38. The highest BCUT2D eigenvalue weighted by Gasteiger charge is 2.60. The average Bonchev–Trinajstić information content (AvgIpc) is 3.33. The number of aromatic nitrogens is 2. The molecule has 2 aliphatic rings. The first-order valence-electron chi connectivity index (χ1n) is 13.4. The first kappa shape index (κ1) is 29.8. The van der Waals surface area contributed by atoms with Gasteiger partial charge in [-0.05, 0) is 91.5 Å². The maximum absolute atomic E-state index is 15.3. The zero-order chi connectivity index (χ0) is 29.5. The molecule has 2 unspecified atom stereocenters. The number of carbonyl (C=O) groups excluding carboxylic acids is 2. The fraction of sp³-hybridized carbons (Fsp3) is 0.400. The van der Waals surface area contributed by atoms with Gasteiger partial charge >= 0.3 is 6.09 Å². The molecule has 0 bridgehead atoms. The SMILES string of the molecule is Cc1cc(-c2ccc(SC3CCN(C(=O)C4(c5ncc(Br)cc5F)CCN4C(=O)OC(C)(C)C)C3)c(Cl)c2)ccn1. The highest BCUT2D eigenvalue weighted by atomic mass is 79.9. The van der Waals surface area contributed by atoms with Gasteiger partial charge < -0.3 is 9.64 Å². The Morgan fingerprint density at radius 2 is 1.90 bits per heavy atom. The molecule has 0 N–H and O–H groups in total. The molecule has 2 amide bonds. The Balaban J connectivity index is 1.36. The summed E-state index contributed by atoms with van der Waals surface area (Å²) < 4.78 is 21.3. The fourth-order valence-electron chi connectivity index (χ4n) is 5.25. The van der Waals surface area contributed by atoms with E-state index in [9.17, 15) is 9.59 Å². The fourth-order valence-corrected chi connectivity index (χ4v) is 7.02. The minimum atomic E-state index is -1.56. The molecule has 7 nitrogen and oxygen atoms in total. The van der Waals surface area contributed by atoms with Gasteiger partial charge in [0, 0.05) is 58.8 Å². The number of pyridine rings is 2. The number of amides is 2. The summed E-state index contributed by atoms with van der Waals surface area (Å²) in [7, 11) is 0. The average molecular weight is 662 g/mol. The summed E-state index contributed by atoms with van der Waals surface area (Å²) in [6, 6.07) is 11.2. The summed E-state index contributed by atoms with van der Waals surface area (Å²) in [6.45, 7) is 8.39. The molecule has 11 heteroatoms. The van der Waals surface area contributed by atoms with E-state index >= 15 is 4.39 Å². The normalized spacial score (nSPS) is 20.6. The Morgan fingerprint density at radius 1 is 1.15 bits per heavy atom. The van der Waals surface area contributed by atoms with Crippen molar-refractivity contribution in [3.63, 3.8) is 0 Å². The molecule has 0 aliphatic carbocycles. The van der Waals surface area contributed by atoms with Crippen LogP contribution in [0.2, 0.25) is 5.02 Å². The summed E-state index contributed by atoms with van der Waals surface area (Å²) in [4.78, 5) is 39.8. The predicted octanol–water partition coefficient (Wildman–Crippen LogP) is 7.24. The summed E-state index contributed by atoms with van der Waals surface area (Å²) in [6.07, 6.45) is 3.55. The predicted molar refractivity (Wildman–Crippen MR) is 161 cm³/mol. The van der Waals surface area contributed by atoms with E-state index in [0.29, 0.717) is 22.6 Å². The van der Waals surface area contributed by atoms with Crippen molar-refractivity contribution in [3.05, 3.63) is 75.5 Å². The van der Waals surface area contributed by atoms with Crippen LogP contribution in [0.1, 0.15) is 45.0 Å². The lowest BCUT2D eigenvalue weighted by atomic mass is 9.79. The van der Waals surface area contributed by atoms with Gasteiger partial charge in [-0.15, -0.1) is 11.8 Å². The third kappa shape index (κ3) is 6.10. The van der Waals surface area contributed by atoms with Gasteiger partial charge in [-0.1, -0.05) is 17.7 Å². The van der Waals surface area contributed by atoms with Gasteiger partial charge in [-0.2, -0.15) is 0 Å². The van der Waals surface area contributed by atoms with Crippen LogP contribution in [-0.2, 0) is 15.1 Å². The molecule has 0 spiro atoms. The zero-order valence-electron chi connectivity index (χ0n) is 23.3. The smallest absolute Gasteiger partial charge is 0.411 e. The minimum absolute atomic E-state index is 0.0658. The lowest BCUT2D eigenvalue weighted by Crippen LogP contribution is -2.68. The van der Waals surface area contributed by atoms with Crippen molar-refractivity contribution in [1.29, 1.82) is 0 Å². The summed E-state index contributed by atoms with van der Waals surface area (Å²) >= 11 is 11.5. The van der Waals surface area contributed by atoms with E-state index in [2.05, 4.69) is 25.9 Å². The number of thioether (sulfide) groups is 1. The van der Waals surface area contributed by atoms with Crippen molar-refractivity contribution < 1.29 is 18.7 Å². The molecule has 1 aromatic carbocycles. The molecule has 5 rings (SSSR count). The Labute approximate surface area is 256 Å². The minimum Gasteiger partial charge on any atom is -0.444 e. The molecule has 2 fully saturated rings. The first-order valence-corrected chi connectivity index (χ1v) is 15.4. The number of carbonyl (C=O) groups is 2. The molecule has 2 saturated heterocycles. The Bertz CT molecular complexity index is 1500. The molecular weight excluding hydrogens is 631 g/mol. The number of ether oxygens (including phenoxy) is 1. The third-order valence-electron chi connectivity index (χ3n) is 7.21.